The molecule has 8 heteroatoms. The lowest BCUT2D eigenvalue weighted by atomic mass is 9.88. The minimum atomic E-state index is -1.38. The Morgan fingerprint density at radius 2 is 1.90 bits per heavy atom. The standard InChI is InChI=1S/C21H20F2N2O4/c1-21(2,19(28)24-15-10-13(22)8-9-14(15)23)20-25-18(27)17(16(11-26)29-20)12-6-4-3-5-7-12/h3-10,20,26H,11H2,1-2H3,(H,24,28)(H,25,27). The highest BCUT2D eigenvalue weighted by Gasteiger charge is 2.43. The molecule has 29 heavy (non-hydrogen) atoms. The van der Waals surface area contributed by atoms with Crippen LogP contribution in [0.1, 0.15) is 19.4 Å². The zero-order valence-corrected chi connectivity index (χ0v) is 15.8. The van der Waals surface area contributed by atoms with Crippen molar-refractivity contribution in [3.8, 4) is 0 Å². The molecule has 1 aliphatic rings. The van der Waals surface area contributed by atoms with E-state index in [-0.39, 0.29) is 17.0 Å². The van der Waals surface area contributed by atoms with Crippen molar-refractivity contribution in [2.45, 2.75) is 20.1 Å². The minimum absolute atomic E-state index is 0.0164. The molecule has 3 rings (SSSR count). The summed E-state index contributed by atoms with van der Waals surface area (Å²) in [6.45, 7) is 2.41. The number of aliphatic hydroxyl groups is 1. The summed E-state index contributed by atoms with van der Waals surface area (Å²) in [5.74, 6) is -2.71. The third-order valence-electron chi connectivity index (χ3n) is 4.65. The van der Waals surface area contributed by atoms with Crippen LogP contribution in [0.5, 0.6) is 0 Å². The van der Waals surface area contributed by atoms with Crippen LogP contribution in [0.3, 0.4) is 0 Å². The lowest BCUT2D eigenvalue weighted by Crippen LogP contribution is -2.54. The number of carbonyl (C=O) groups excluding carboxylic acids is 2. The van der Waals surface area contributed by atoms with E-state index in [2.05, 4.69) is 10.6 Å². The Kier molecular flexibility index (Phi) is 5.65. The lowest BCUT2D eigenvalue weighted by molar-refractivity contribution is -0.138. The van der Waals surface area contributed by atoms with Crippen LogP contribution in [0.15, 0.2) is 54.3 Å². The Morgan fingerprint density at radius 3 is 2.55 bits per heavy atom. The van der Waals surface area contributed by atoms with Gasteiger partial charge < -0.3 is 20.5 Å². The summed E-state index contributed by atoms with van der Waals surface area (Å²) < 4.78 is 32.9. The van der Waals surface area contributed by atoms with Gasteiger partial charge in [-0.25, -0.2) is 8.78 Å². The van der Waals surface area contributed by atoms with Gasteiger partial charge in [0.15, 0.2) is 6.23 Å². The van der Waals surface area contributed by atoms with Crippen molar-refractivity contribution in [3.63, 3.8) is 0 Å². The highest BCUT2D eigenvalue weighted by molar-refractivity contribution is 6.21. The fraction of sp³-hybridized carbons (Fsp3) is 0.238. The first-order valence-corrected chi connectivity index (χ1v) is 8.87. The number of carbonyl (C=O) groups is 2. The van der Waals surface area contributed by atoms with E-state index in [0.717, 1.165) is 18.2 Å². The first kappa shape index (κ1) is 20.5. The van der Waals surface area contributed by atoms with E-state index in [0.29, 0.717) is 5.56 Å². The maximum absolute atomic E-state index is 13.9. The number of hydrogen-bond acceptors (Lipinski definition) is 4. The third-order valence-corrected chi connectivity index (χ3v) is 4.65. The van der Waals surface area contributed by atoms with Gasteiger partial charge in [0.05, 0.1) is 16.7 Å². The molecule has 1 heterocycles. The predicted octanol–water partition coefficient (Wildman–Crippen LogP) is 2.81. The molecule has 2 aromatic carbocycles. The van der Waals surface area contributed by atoms with E-state index in [9.17, 15) is 23.5 Å². The molecule has 0 spiro atoms. The largest absolute Gasteiger partial charge is 0.471 e. The molecule has 3 N–H and O–H groups in total. The second-order valence-electron chi connectivity index (χ2n) is 7.09. The molecule has 1 aliphatic heterocycles. The molecule has 0 radical (unpaired) electrons. The van der Waals surface area contributed by atoms with E-state index in [4.69, 9.17) is 4.74 Å². The summed E-state index contributed by atoms with van der Waals surface area (Å²) in [4.78, 5) is 25.4. The van der Waals surface area contributed by atoms with Crippen LogP contribution < -0.4 is 10.6 Å². The van der Waals surface area contributed by atoms with Crippen LogP contribution in [-0.4, -0.2) is 29.8 Å². The second-order valence-corrected chi connectivity index (χ2v) is 7.09. The monoisotopic (exact) mass is 402 g/mol. The molecule has 2 amide bonds. The van der Waals surface area contributed by atoms with E-state index < -0.39 is 41.7 Å². The van der Waals surface area contributed by atoms with Crippen LogP contribution in [-0.2, 0) is 14.3 Å². The van der Waals surface area contributed by atoms with Gasteiger partial charge in [-0.2, -0.15) is 0 Å². The number of nitrogens with one attached hydrogen (secondary N) is 2. The van der Waals surface area contributed by atoms with Crippen molar-refractivity contribution in [1.82, 2.24) is 5.32 Å². The molecule has 1 unspecified atom stereocenters. The maximum Gasteiger partial charge on any atom is 0.258 e. The molecule has 0 bridgehead atoms. The maximum atomic E-state index is 13.9. The van der Waals surface area contributed by atoms with E-state index >= 15 is 0 Å². The molecule has 152 valence electrons. The number of amides is 2. The van der Waals surface area contributed by atoms with Gasteiger partial charge in [0.25, 0.3) is 5.91 Å². The highest BCUT2D eigenvalue weighted by atomic mass is 19.1. The summed E-state index contributed by atoms with van der Waals surface area (Å²) in [7, 11) is 0. The van der Waals surface area contributed by atoms with Gasteiger partial charge in [0.1, 0.15) is 24.0 Å². The topological polar surface area (TPSA) is 87.7 Å². The van der Waals surface area contributed by atoms with Gasteiger partial charge in [-0.15, -0.1) is 0 Å². The zero-order chi connectivity index (χ0) is 21.2. The molecule has 6 nitrogen and oxygen atoms in total. The fourth-order valence-electron chi connectivity index (χ4n) is 2.89. The van der Waals surface area contributed by atoms with Crippen molar-refractivity contribution < 1.29 is 28.2 Å². The summed E-state index contributed by atoms with van der Waals surface area (Å²) >= 11 is 0. The molecule has 0 aromatic heterocycles. The van der Waals surface area contributed by atoms with Crippen LogP contribution in [0.25, 0.3) is 5.57 Å². The summed E-state index contributed by atoms with van der Waals surface area (Å²) in [6.07, 6.45) is -1.14. The second kappa shape index (κ2) is 8.00. The normalized spacial score (nSPS) is 16.9. The van der Waals surface area contributed by atoms with Crippen molar-refractivity contribution in [2.75, 3.05) is 11.9 Å². The predicted molar refractivity (Wildman–Crippen MR) is 102 cm³/mol. The highest BCUT2D eigenvalue weighted by Crippen LogP contribution is 2.32. The fourth-order valence-corrected chi connectivity index (χ4v) is 2.89. The van der Waals surface area contributed by atoms with Gasteiger partial charge in [-0.3, -0.25) is 9.59 Å². The van der Waals surface area contributed by atoms with Gasteiger partial charge in [0, 0.05) is 6.07 Å². The first-order chi connectivity index (χ1) is 13.7. The van der Waals surface area contributed by atoms with Gasteiger partial charge in [-0.05, 0) is 31.5 Å². The first-order valence-electron chi connectivity index (χ1n) is 8.87. The number of rotatable bonds is 5. The quantitative estimate of drug-likeness (QED) is 0.718. The van der Waals surface area contributed by atoms with Crippen molar-refractivity contribution >= 4 is 23.1 Å². The van der Waals surface area contributed by atoms with Crippen LogP contribution in [0.2, 0.25) is 0 Å². The molecule has 0 aliphatic carbocycles. The molecule has 0 fully saturated rings. The molecule has 0 saturated carbocycles. The third kappa shape index (κ3) is 4.12. The molecule has 2 aromatic rings. The van der Waals surface area contributed by atoms with Crippen LogP contribution in [0.4, 0.5) is 14.5 Å². The smallest absolute Gasteiger partial charge is 0.258 e. The Hall–Kier alpha value is -3.26. The van der Waals surface area contributed by atoms with Gasteiger partial charge in [0.2, 0.25) is 5.91 Å². The lowest BCUT2D eigenvalue weighted by Gasteiger charge is -2.37. The molecule has 0 saturated heterocycles. The van der Waals surface area contributed by atoms with Crippen molar-refractivity contribution in [3.05, 3.63) is 71.5 Å². The van der Waals surface area contributed by atoms with E-state index in [1.54, 1.807) is 30.3 Å². The van der Waals surface area contributed by atoms with Crippen LogP contribution in [0, 0.1) is 17.0 Å². The number of anilines is 1. The Labute approximate surface area is 166 Å². The van der Waals surface area contributed by atoms with Gasteiger partial charge >= 0.3 is 0 Å². The SMILES string of the molecule is CC(C)(C(=O)Nc1cc(F)ccc1F)C1NC(=O)C(c2ccccc2)=C(CO)O1. The minimum Gasteiger partial charge on any atom is -0.471 e. The molecule has 1 atom stereocenters. The summed E-state index contributed by atoms with van der Waals surface area (Å²) in [6, 6.07) is 11.3. The Morgan fingerprint density at radius 1 is 1.21 bits per heavy atom. The number of halogens is 2. The number of ether oxygens (including phenoxy) is 1. The number of benzene rings is 2. The van der Waals surface area contributed by atoms with E-state index in [1.165, 1.54) is 13.8 Å². The summed E-state index contributed by atoms with van der Waals surface area (Å²) in [5, 5.41) is 14.6. The zero-order valence-electron chi connectivity index (χ0n) is 15.8. The number of aliphatic hydroxyl groups excluding tert-OH is 1. The average molecular weight is 402 g/mol. The molecular weight excluding hydrogens is 382 g/mol. The number of hydrogen-bond donors (Lipinski definition) is 3. The van der Waals surface area contributed by atoms with Crippen molar-refractivity contribution in [2.24, 2.45) is 5.41 Å². The summed E-state index contributed by atoms with van der Waals surface area (Å²) in [5.41, 5.74) is -0.988. The molecular formula is C21H20F2N2O4. The average Bonchev–Trinajstić information content (AvgIpc) is 2.70. The van der Waals surface area contributed by atoms with E-state index in [1.807, 2.05) is 0 Å². The Bertz CT molecular complexity index is 974. The van der Waals surface area contributed by atoms with Crippen molar-refractivity contribution in [1.29, 1.82) is 0 Å². The Balaban J connectivity index is 1.86. The van der Waals surface area contributed by atoms with Gasteiger partial charge in [-0.1, -0.05) is 30.3 Å². The van der Waals surface area contributed by atoms with Crippen LogP contribution >= 0.6 is 0 Å².